The highest BCUT2D eigenvalue weighted by atomic mass is 35.5. The van der Waals surface area contributed by atoms with E-state index < -0.39 is 12.0 Å². The lowest BCUT2D eigenvalue weighted by molar-refractivity contribution is 0.0987. The topological polar surface area (TPSA) is 96.5 Å². The van der Waals surface area contributed by atoms with Gasteiger partial charge in [0.15, 0.2) is 0 Å². The molecule has 6 nitrogen and oxygen atoms in total. The van der Waals surface area contributed by atoms with Crippen molar-refractivity contribution in [2.45, 2.75) is 32.9 Å². The second-order valence-corrected chi connectivity index (χ2v) is 10.1. The molecule has 3 aromatic carbocycles. The number of aromatic nitrogens is 1. The Kier molecular flexibility index (Phi) is 5.40. The van der Waals surface area contributed by atoms with Crippen LogP contribution in [0.1, 0.15) is 61.7 Å². The van der Waals surface area contributed by atoms with Crippen molar-refractivity contribution in [1.29, 1.82) is 0 Å². The minimum Gasteiger partial charge on any atom is -0.389 e. The summed E-state index contributed by atoms with van der Waals surface area (Å²) in [6.45, 7) is 4.19. The Morgan fingerprint density at radius 2 is 1.86 bits per heavy atom. The van der Waals surface area contributed by atoms with Gasteiger partial charge in [0.2, 0.25) is 0 Å². The summed E-state index contributed by atoms with van der Waals surface area (Å²) in [5.41, 5.74) is 15.6. The van der Waals surface area contributed by atoms with E-state index in [9.17, 15) is 14.7 Å². The van der Waals surface area contributed by atoms with Crippen LogP contribution in [-0.4, -0.2) is 21.9 Å². The number of carbonyl (C=O) groups excluding carboxylic acids is 2. The Hall–Kier alpha value is -4.00. The van der Waals surface area contributed by atoms with E-state index >= 15 is 0 Å². The Morgan fingerprint density at radius 1 is 1.05 bits per heavy atom. The lowest BCUT2D eigenvalue weighted by Gasteiger charge is -2.22. The zero-order chi connectivity index (χ0) is 26.0. The standard InChI is InChI=1S/C30H24ClN3O3/c1-15-21(4-3-5-26(15)34-14-18-6-8-20(31)12-23(18)30(34)37)25-13-33-28(29(32)36)24-11-19-10-17(16(2)35)7-9-22(19)27(24)25/h3-10,12-13,16,35H,11,14H2,1-2H3,(H2,32,36). The van der Waals surface area contributed by atoms with Gasteiger partial charge < -0.3 is 15.7 Å². The Labute approximate surface area is 219 Å². The first kappa shape index (κ1) is 23.4. The van der Waals surface area contributed by atoms with Crippen molar-refractivity contribution in [1.82, 2.24) is 4.98 Å². The number of carbonyl (C=O) groups is 2. The number of hydrogen-bond donors (Lipinski definition) is 2. The van der Waals surface area contributed by atoms with Crippen molar-refractivity contribution >= 4 is 29.1 Å². The van der Waals surface area contributed by atoms with Crippen LogP contribution in [0.2, 0.25) is 5.02 Å². The zero-order valence-electron chi connectivity index (χ0n) is 20.4. The van der Waals surface area contributed by atoms with Crippen molar-refractivity contribution < 1.29 is 14.7 Å². The van der Waals surface area contributed by atoms with Crippen LogP contribution in [0.15, 0.2) is 60.8 Å². The van der Waals surface area contributed by atoms with Crippen LogP contribution >= 0.6 is 11.6 Å². The molecule has 4 aromatic rings. The zero-order valence-corrected chi connectivity index (χ0v) is 21.1. The van der Waals surface area contributed by atoms with Gasteiger partial charge in [-0.25, -0.2) is 0 Å². The minimum atomic E-state index is -0.599. The van der Waals surface area contributed by atoms with Crippen LogP contribution in [0.3, 0.4) is 0 Å². The quantitative estimate of drug-likeness (QED) is 0.330. The van der Waals surface area contributed by atoms with Crippen LogP contribution in [0, 0.1) is 6.92 Å². The lowest BCUT2D eigenvalue weighted by Crippen LogP contribution is -2.24. The third-order valence-electron chi connectivity index (χ3n) is 7.42. The second kappa shape index (κ2) is 8.54. The molecule has 0 spiro atoms. The number of nitrogens with zero attached hydrogens (tertiary/aromatic N) is 2. The van der Waals surface area contributed by atoms with E-state index in [0.717, 1.165) is 55.8 Å². The van der Waals surface area contributed by atoms with Gasteiger partial charge in [0.25, 0.3) is 11.8 Å². The van der Waals surface area contributed by atoms with E-state index in [4.69, 9.17) is 17.3 Å². The first-order valence-corrected chi connectivity index (χ1v) is 12.5. The minimum absolute atomic E-state index is 0.0822. The number of fused-ring (bicyclic) bond motifs is 4. The Balaban J connectivity index is 1.50. The van der Waals surface area contributed by atoms with Crippen molar-refractivity contribution in [3.05, 3.63) is 105 Å². The van der Waals surface area contributed by atoms with Crippen molar-refractivity contribution in [3.63, 3.8) is 0 Å². The molecule has 0 saturated heterocycles. The number of aliphatic hydroxyl groups is 1. The molecule has 6 rings (SSSR count). The summed E-state index contributed by atoms with van der Waals surface area (Å²) >= 11 is 6.15. The summed E-state index contributed by atoms with van der Waals surface area (Å²) in [6, 6.07) is 17.2. The molecule has 1 aromatic heterocycles. The summed E-state index contributed by atoms with van der Waals surface area (Å²) < 4.78 is 0. The fourth-order valence-corrected chi connectivity index (χ4v) is 5.75. The molecule has 2 heterocycles. The molecule has 37 heavy (non-hydrogen) atoms. The van der Waals surface area contributed by atoms with Gasteiger partial charge in [0.1, 0.15) is 5.69 Å². The Morgan fingerprint density at radius 3 is 2.62 bits per heavy atom. The molecule has 0 radical (unpaired) electrons. The molecular formula is C30H24ClN3O3. The number of benzene rings is 3. The highest BCUT2D eigenvalue weighted by Gasteiger charge is 2.32. The van der Waals surface area contributed by atoms with Gasteiger partial charge in [-0.05, 0) is 76.6 Å². The molecule has 1 unspecified atom stereocenters. The number of amides is 2. The summed E-state index contributed by atoms with van der Waals surface area (Å²) in [7, 11) is 0. The number of halogens is 1. The highest BCUT2D eigenvalue weighted by molar-refractivity contribution is 6.31. The average molecular weight is 510 g/mol. The largest absolute Gasteiger partial charge is 0.389 e. The van der Waals surface area contributed by atoms with E-state index in [1.165, 1.54) is 0 Å². The maximum atomic E-state index is 13.3. The van der Waals surface area contributed by atoms with Crippen LogP contribution < -0.4 is 10.6 Å². The molecule has 1 aliphatic heterocycles. The lowest BCUT2D eigenvalue weighted by atomic mass is 9.91. The molecule has 1 atom stereocenters. The highest BCUT2D eigenvalue weighted by Crippen LogP contribution is 2.46. The Bertz CT molecular complexity index is 1640. The van der Waals surface area contributed by atoms with E-state index in [1.807, 2.05) is 49.4 Å². The van der Waals surface area contributed by atoms with Gasteiger partial charge in [0, 0.05) is 34.5 Å². The maximum absolute atomic E-state index is 13.3. The average Bonchev–Trinajstić information content (AvgIpc) is 3.41. The predicted octanol–water partition coefficient (Wildman–Crippen LogP) is 5.59. The number of pyridine rings is 1. The molecule has 0 saturated carbocycles. The SMILES string of the molecule is Cc1c(-c2cnc(C(N)=O)c3c2-c2ccc(C(C)O)cc2C3)cccc1N1Cc2ccc(Cl)cc2C1=O. The molecule has 1 aliphatic carbocycles. The fourth-order valence-electron chi connectivity index (χ4n) is 5.58. The van der Waals surface area contributed by atoms with Crippen molar-refractivity contribution in [3.8, 4) is 22.3 Å². The van der Waals surface area contributed by atoms with Crippen LogP contribution in [0.25, 0.3) is 22.3 Å². The number of nitrogens with two attached hydrogens (primary N) is 1. The number of rotatable bonds is 4. The number of primary amides is 1. The molecule has 2 amide bonds. The summed E-state index contributed by atoms with van der Waals surface area (Å²) in [6.07, 6.45) is 1.60. The van der Waals surface area contributed by atoms with E-state index in [-0.39, 0.29) is 11.6 Å². The molecule has 7 heteroatoms. The first-order valence-electron chi connectivity index (χ1n) is 12.1. The van der Waals surface area contributed by atoms with Gasteiger partial charge >= 0.3 is 0 Å². The summed E-state index contributed by atoms with van der Waals surface area (Å²) in [4.78, 5) is 31.8. The molecule has 0 bridgehead atoms. The van der Waals surface area contributed by atoms with E-state index in [1.54, 1.807) is 30.2 Å². The van der Waals surface area contributed by atoms with Crippen LogP contribution in [-0.2, 0) is 13.0 Å². The molecule has 0 fully saturated rings. The van der Waals surface area contributed by atoms with Gasteiger partial charge in [-0.3, -0.25) is 14.6 Å². The summed E-state index contributed by atoms with van der Waals surface area (Å²) in [5, 5.41) is 10.6. The smallest absolute Gasteiger partial charge is 0.267 e. The summed E-state index contributed by atoms with van der Waals surface area (Å²) in [5.74, 6) is -0.655. The second-order valence-electron chi connectivity index (χ2n) is 9.65. The van der Waals surface area contributed by atoms with Gasteiger partial charge in [-0.2, -0.15) is 0 Å². The van der Waals surface area contributed by atoms with Crippen LogP contribution in [0.5, 0.6) is 0 Å². The third kappa shape index (κ3) is 3.64. The normalized spacial score (nSPS) is 14.4. The van der Waals surface area contributed by atoms with Crippen LogP contribution in [0.4, 0.5) is 5.69 Å². The molecular weight excluding hydrogens is 486 g/mol. The van der Waals surface area contributed by atoms with Gasteiger partial charge in [-0.1, -0.05) is 48.0 Å². The third-order valence-corrected chi connectivity index (χ3v) is 7.66. The molecule has 184 valence electrons. The van der Waals surface area contributed by atoms with Gasteiger partial charge in [-0.15, -0.1) is 0 Å². The van der Waals surface area contributed by atoms with E-state index in [0.29, 0.717) is 23.6 Å². The number of aliphatic hydroxyl groups excluding tert-OH is 1. The first-order chi connectivity index (χ1) is 17.7. The van der Waals surface area contributed by atoms with Crippen molar-refractivity contribution in [2.75, 3.05) is 4.90 Å². The van der Waals surface area contributed by atoms with Gasteiger partial charge in [0.05, 0.1) is 12.6 Å². The fraction of sp³-hybridized carbons (Fsp3) is 0.167. The predicted molar refractivity (Wildman–Crippen MR) is 144 cm³/mol. The maximum Gasteiger partial charge on any atom is 0.267 e. The van der Waals surface area contributed by atoms with Crippen molar-refractivity contribution in [2.24, 2.45) is 5.73 Å². The number of hydrogen-bond acceptors (Lipinski definition) is 4. The van der Waals surface area contributed by atoms with E-state index in [2.05, 4.69) is 4.98 Å². The molecule has 2 aliphatic rings. The number of anilines is 1. The monoisotopic (exact) mass is 509 g/mol. The molecule has 3 N–H and O–H groups in total.